The van der Waals surface area contributed by atoms with Gasteiger partial charge in [-0.15, -0.1) is 0 Å². The van der Waals surface area contributed by atoms with Crippen molar-refractivity contribution in [2.75, 3.05) is 0 Å². The van der Waals surface area contributed by atoms with Crippen LogP contribution in [0.3, 0.4) is 0 Å². The Morgan fingerprint density at radius 1 is 1.06 bits per heavy atom. The van der Waals surface area contributed by atoms with E-state index in [1.165, 1.54) is 26.2 Å². The molecule has 0 aromatic rings. The number of ketones is 1. The normalized spacial score (nSPS) is 11.6. The standard InChI is InChI=1S/C12H22O3.Cu/c1-3-4-5-6-7-8-9-11(10(2)13)12(14)15;/h11H,3-9H2,1-2H3,(H,14,15);. The Kier molecular flexibility index (Phi) is 12.6. The van der Waals surface area contributed by atoms with Gasteiger partial charge in [-0.2, -0.15) is 0 Å². The van der Waals surface area contributed by atoms with Crippen molar-refractivity contribution >= 4 is 11.8 Å². The second-order valence-corrected chi connectivity index (χ2v) is 4.06. The molecule has 0 aromatic carbocycles. The van der Waals surface area contributed by atoms with E-state index in [9.17, 15) is 9.59 Å². The summed E-state index contributed by atoms with van der Waals surface area (Å²) in [6, 6.07) is 0. The second-order valence-electron chi connectivity index (χ2n) is 4.06. The Labute approximate surface area is 108 Å². The first-order valence-electron chi connectivity index (χ1n) is 5.82. The third kappa shape index (κ3) is 8.93. The zero-order valence-electron chi connectivity index (χ0n) is 10.1. The van der Waals surface area contributed by atoms with E-state index in [0.717, 1.165) is 19.3 Å². The molecule has 0 saturated heterocycles. The molecule has 0 spiro atoms. The fourth-order valence-corrected chi connectivity index (χ4v) is 1.63. The van der Waals surface area contributed by atoms with E-state index < -0.39 is 11.9 Å². The molecule has 0 bridgehead atoms. The molecule has 1 N–H and O–H groups in total. The molecule has 0 fully saturated rings. The van der Waals surface area contributed by atoms with Crippen molar-refractivity contribution < 1.29 is 31.8 Å². The number of carboxylic acids is 1. The topological polar surface area (TPSA) is 54.4 Å². The first-order valence-corrected chi connectivity index (χ1v) is 5.82. The number of hydrogen-bond donors (Lipinski definition) is 1. The summed E-state index contributed by atoms with van der Waals surface area (Å²) in [5, 5.41) is 8.76. The van der Waals surface area contributed by atoms with Crippen LogP contribution in [0.25, 0.3) is 0 Å². The van der Waals surface area contributed by atoms with Crippen molar-refractivity contribution in [1.82, 2.24) is 0 Å². The van der Waals surface area contributed by atoms with Crippen LogP contribution < -0.4 is 0 Å². The van der Waals surface area contributed by atoms with Gasteiger partial charge in [0.05, 0.1) is 0 Å². The van der Waals surface area contributed by atoms with Crippen LogP contribution in [0.4, 0.5) is 0 Å². The third-order valence-corrected chi connectivity index (χ3v) is 2.64. The predicted molar refractivity (Wildman–Crippen MR) is 59.8 cm³/mol. The van der Waals surface area contributed by atoms with Gasteiger partial charge in [0.1, 0.15) is 11.7 Å². The fraction of sp³-hybridized carbons (Fsp3) is 0.833. The van der Waals surface area contributed by atoms with E-state index in [1.807, 2.05) is 0 Å². The second kappa shape index (κ2) is 11.2. The maximum absolute atomic E-state index is 11.0. The van der Waals surface area contributed by atoms with E-state index in [4.69, 9.17) is 5.11 Å². The summed E-state index contributed by atoms with van der Waals surface area (Å²) < 4.78 is 0. The first-order chi connectivity index (χ1) is 7.09. The maximum Gasteiger partial charge on any atom is 0.314 e. The molecule has 0 aliphatic carbocycles. The predicted octanol–water partition coefficient (Wildman–Crippen LogP) is 3.02. The minimum absolute atomic E-state index is 0. The Hall–Kier alpha value is -0.341. The van der Waals surface area contributed by atoms with Gasteiger partial charge >= 0.3 is 5.97 Å². The third-order valence-electron chi connectivity index (χ3n) is 2.64. The van der Waals surface area contributed by atoms with E-state index >= 15 is 0 Å². The SMILES string of the molecule is CCCCCCCCC(C(C)=O)C(=O)O.[Cu]. The molecule has 1 unspecified atom stereocenters. The number of rotatable bonds is 9. The average Bonchev–Trinajstić information content (AvgIpc) is 2.15. The van der Waals surface area contributed by atoms with Crippen molar-refractivity contribution in [3.63, 3.8) is 0 Å². The van der Waals surface area contributed by atoms with Gasteiger partial charge < -0.3 is 5.11 Å². The van der Waals surface area contributed by atoms with Gasteiger partial charge in [0.25, 0.3) is 0 Å². The number of carboxylic acid groups (broad SMARTS) is 1. The zero-order valence-corrected chi connectivity index (χ0v) is 11.0. The Balaban J connectivity index is 0. The summed E-state index contributed by atoms with van der Waals surface area (Å²) in [4.78, 5) is 21.7. The van der Waals surface area contributed by atoms with Gasteiger partial charge in [-0.25, -0.2) is 0 Å². The number of carbonyl (C=O) groups excluding carboxylic acids is 1. The first kappa shape index (κ1) is 18.0. The van der Waals surface area contributed by atoms with Gasteiger partial charge in [-0.05, 0) is 13.3 Å². The molecule has 0 heterocycles. The van der Waals surface area contributed by atoms with E-state index in [-0.39, 0.29) is 22.9 Å². The Bertz CT molecular complexity index is 190. The van der Waals surface area contributed by atoms with Gasteiger partial charge in [-0.3, -0.25) is 9.59 Å². The van der Waals surface area contributed by atoms with Crippen molar-refractivity contribution in [3.05, 3.63) is 0 Å². The monoisotopic (exact) mass is 277 g/mol. The maximum atomic E-state index is 11.0. The van der Waals surface area contributed by atoms with Crippen molar-refractivity contribution in [3.8, 4) is 0 Å². The summed E-state index contributed by atoms with van der Waals surface area (Å²) >= 11 is 0. The molecule has 16 heavy (non-hydrogen) atoms. The zero-order chi connectivity index (χ0) is 11.7. The molecular formula is C12H22CuO3. The molecule has 0 rings (SSSR count). The molecule has 4 heteroatoms. The average molecular weight is 278 g/mol. The van der Waals surface area contributed by atoms with Gasteiger partial charge in [0.2, 0.25) is 0 Å². The van der Waals surface area contributed by atoms with Crippen molar-refractivity contribution in [2.24, 2.45) is 5.92 Å². The van der Waals surface area contributed by atoms with Crippen LogP contribution in [0.2, 0.25) is 0 Å². The Morgan fingerprint density at radius 3 is 2.00 bits per heavy atom. The number of aliphatic carboxylic acids is 1. The van der Waals surface area contributed by atoms with Gasteiger partial charge in [0, 0.05) is 17.1 Å². The number of hydrogen-bond acceptors (Lipinski definition) is 2. The molecule has 0 aromatic heterocycles. The molecule has 0 saturated carbocycles. The molecule has 1 atom stereocenters. The summed E-state index contributed by atoms with van der Waals surface area (Å²) in [5.41, 5.74) is 0. The quantitative estimate of drug-likeness (QED) is 0.400. The fourth-order valence-electron chi connectivity index (χ4n) is 1.63. The smallest absolute Gasteiger partial charge is 0.314 e. The van der Waals surface area contributed by atoms with Crippen LogP contribution in [-0.2, 0) is 26.7 Å². The number of unbranched alkanes of at least 4 members (excludes halogenated alkanes) is 5. The molecule has 99 valence electrons. The Morgan fingerprint density at radius 2 is 1.56 bits per heavy atom. The molecular weight excluding hydrogens is 256 g/mol. The van der Waals surface area contributed by atoms with Gasteiger partial charge in [0.15, 0.2) is 0 Å². The largest absolute Gasteiger partial charge is 0.481 e. The van der Waals surface area contributed by atoms with E-state index in [0.29, 0.717) is 6.42 Å². The molecule has 0 aliphatic heterocycles. The van der Waals surface area contributed by atoms with Crippen molar-refractivity contribution in [1.29, 1.82) is 0 Å². The van der Waals surface area contributed by atoms with Crippen LogP contribution in [0, 0.1) is 5.92 Å². The minimum Gasteiger partial charge on any atom is -0.481 e. The summed E-state index contributed by atoms with van der Waals surface area (Å²) in [7, 11) is 0. The van der Waals surface area contributed by atoms with Crippen molar-refractivity contribution in [2.45, 2.75) is 58.8 Å². The molecule has 0 aliphatic rings. The molecule has 3 nitrogen and oxygen atoms in total. The van der Waals surface area contributed by atoms with Crippen LogP contribution in [-0.4, -0.2) is 16.9 Å². The molecule has 0 amide bonds. The summed E-state index contributed by atoms with van der Waals surface area (Å²) in [5.74, 6) is -1.98. The number of Topliss-reactive ketones (excluding diaryl/α,β-unsaturated/α-hetero) is 1. The number of carbonyl (C=O) groups is 2. The van der Waals surface area contributed by atoms with Gasteiger partial charge in [-0.1, -0.05) is 45.4 Å². The summed E-state index contributed by atoms with van der Waals surface area (Å²) in [6.45, 7) is 3.52. The van der Waals surface area contributed by atoms with E-state index in [2.05, 4.69) is 6.92 Å². The van der Waals surface area contributed by atoms with Crippen LogP contribution in [0.1, 0.15) is 58.8 Å². The van der Waals surface area contributed by atoms with Crippen LogP contribution in [0.15, 0.2) is 0 Å². The van der Waals surface area contributed by atoms with Crippen LogP contribution in [0.5, 0.6) is 0 Å². The minimum atomic E-state index is -0.976. The van der Waals surface area contributed by atoms with Crippen LogP contribution >= 0.6 is 0 Å². The van der Waals surface area contributed by atoms with E-state index in [1.54, 1.807) is 0 Å². The molecule has 1 radical (unpaired) electrons. The summed E-state index contributed by atoms with van der Waals surface area (Å²) in [6.07, 6.45) is 7.21.